The van der Waals surface area contributed by atoms with Crippen molar-refractivity contribution in [2.45, 2.75) is 16.7 Å². The van der Waals surface area contributed by atoms with Crippen molar-refractivity contribution in [1.82, 2.24) is 15.0 Å². The third-order valence-corrected chi connectivity index (χ3v) is 10.7. The number of anilines is 3. The molecular formula is C29H28ClN7O13S4. The normalized spacial score (nSPS) is 13.1. The Morgan fingerprint density at radius 2 is 1.63 bits per heavy atom. The van der Waals surface area contributed by atoms with Gasteiger partial charge in [-0.15, -0.1) is 10.2 Å². The van der Waals surface area contributed by atoms with E-state index in [4.69, 9.17) is 20.3 Å². The molecule has 4 aromatic carbocycles. The molecule has 25 heteroatoms. The first-order valence-electron chi connectivity index (χ1n) is 14.9. The Morgan fingerprint density at radius 1 is 0.907 bits per heavy atom. The number of azo groups is 1. The molecule has 1 atom stereocenters. The number of nitrogens with zero attached hydrogens (tertiary/aromatic N) is 6. The molecule has 5 rings (SSSR count). The zero-order valence-corrected chi connectivity index (χ0v) is 31.7. The third-order valence-electron chi connectivity index (χ3n) is 7.33. The summed E-state index contributed by atoms with van der Waals surface area (Å²) in [6.07, 6.45) is 0. The molecule has 1 aromatic heterocycles. The van der Waals surface area contributed by atoms with Crippen LogP contribution in [0.1, 0.15) is 5.56 Å². The summed E-state index contributed by atoms with van der Waals surface area (Å²) >= 11 is 4.22. The first-order chi connectivity index (χ1) is 25.2. The van der Waals surface area contributed by atoms with E-state index < -0.39 is 70.5 Å². The topological polar surface area (TPSA) is 298 Å². The van der Waals surface area contributed by atoms with Crippen LogP contribution in [0.2, 0.25) is 5.28 Å². The number of hydrogen-bond donors (Lipinski definition) is 5. The molecule has 0 saturated heterocycles. The molecule has 0 aliphatic heterocycles. The van der Waals surface area contributed by atoms with Crippen LogP contribution < -0.4 is 10.2 Å². The van der Waals surface area contributed by atoms with Gasteiger partial charge in [0, 0.05) is 24.4 Å². The highest BCUT2D eigenvalue weighted by atomic mass is 35.5. The molecule has 5 N–H and O–H groups in total. The van der Waals surface area contributed by atoms with E-state index in [9.17, 15) is 43.7 Å². The van der Waals surface area contributed by atoms with E-state index in [1.165, 1.54) is 37.1 Å². The van der Waals surface area contributed by atoms with Gasteiger partial charge in [-0.2, -0.15) is 40.2 Å². The summed E-state index contributed by atoms with van der Waals surface area (Å²) in [4.78, 5) is 12.6. The number of aromatic nitrogens is 3. The second-order valence-corrected chi connectivity index (χ2v) is 16.6. The van der Waals surface area contributed by atoms with Crippen molar-refractivity contribution in [3.8, 4) is 5.75 Å². The van der Waals surface area contributed by atoms with E-state index in [2.05, 4.69) is 34.7 Å². The van der Waals surface area contributed by atoms with Gasteiger partial charge in [0.15, 0.2) is 16.8 Å². The maximum absolute atomic E-state index is 12.4. The highest BCUT2D eigenvalue weighted by molar-refractivity contribution is 7.86. The minimum atomic E-state index is -4.81. The van der Waals surface area contributed by atoms with E-state index >= 15 is 0 Å². The zero-order chi connectivity index (χ0) is 39.6. The fraction of sp³-hybridized carbons (Fsp3) is 0.207. The second-order valence-electron chi connectivity index (χ2n) is 11.1. The Hall–Kier alpha value is -4.50. The van der Waals surface area contributed by atoms with Crippen LogP contribution >= 0.6 is 11.6 Å². The van der Waals surface area contributed by atoms with Crippen molar-refractivity contribution in [2.75, 3.05) is 42.8 Å². The number of fused-ring (bicyclic) bond motifs is 2. The van der Waals surface area contributed by atoms with Gasteiger partial charge in [0.1, 0.15) is 16.3 Å². The van der Waals surface area contributed by atoms with Gasteiger partial charge in [0.2, 0.25) is 17.2 Å². The van der Waals surface area contributed by atoms with Crippen LogP contribution in [0.3, 0.4) is 0 Å². The maximum atomic E-state index is 12.4. The van der Waals surface area contributed by atoms with Crippen molar-refractivity contribution < 1.29 is 56.6 Å². The van der Waals surface area contributed by atoms with Gasteiger partial charge >= 0.3 is 10.4 Å². The molecule has 1 unspecified atom stereocenters. The van der Waals surface area contributed by atoms with Gasteiger partial charge in [-0.1, -0.05) is 30.3 Å². The Bertz CT molecular complexity index is 2670. The largest absolute Gasteiger partial charge is 0.505 e. The lowest BCUT2D eigenvalue weighted by molar-refractivity contribution is 0.212. The number of phenols is 1. The second kappa shape index (κ2) is 16.1. The number of rotatable bonds is 15. The number of nitrogens with one attached hydrogen (secondary N) is 1. The average Bonchev–Trinajstić information content (AvgIpc) is 3.06. The van der Waals surface area contributed by atoms with E-state index in [1.807, 2.05) is 0 Å². The van der Waals surface area contributed by atoms with Crippen LogP contribution in [0.15, 0.2) is 74.6 Å². The quantitative estimate of drug-likeness (QED) is 0.0553. The van der Waals surface area contributed by atoms with Crippen molar-refractivity contribution in [1.29, 1.82) is 0 Å². The molecule has 1 heterocycles. The molecule has 0 bridgehead atoms. The van der Waals surface area contributed by atoms with Gasteiger partial charge < -0.3 is 15.3 Å². The first-order valence-corrected chi connectivity index (χ1v) is 20.8. The zero-order valence-electron chi connectivity index (χ0n) is 27.7. The van der Waals surface area contributed by atoms with Crippen molar-refractivity contribution in [2.24, 2.45) is 10.2 Å². The van der Waals surface area contributed by atoms with Crippen LogP contribution in [-0.4, -0.2) is 95.7 Å². The lowest BCUT2D eigenvalue weighted by Crippen LogP contribution is -2.26. The van der Waals surface area contributed by atoms with E-state index in [1.54, 1.807) is 24.3 Å². The summed E-state index contributed by atoms with van der Waals surface area (Å²) in [7, 11) is -12.8. The number of halogens is 1. The predicted octanol–water partition coefficient (Wildman–Crippen LogP) is 4.43. The van der Waals surface area contributed by atoms with Crippen LogP contribution in [0.25, 0.3) is 21.5 Å². The summed E-state index contributed by atoms with van der Waals surface area (Å²) in [6.45, 7) is 0.509. The van der Waals surface area contributed by atoms with Gasteiger partial charge in [0.05, 0.1) is 29.5 Å². The van der Waals surface area contributed by atoms with Gasteiger partial charge in [-0.3, -0.25) is 17.8 Å². The number of aromatic hydroxyl groups is 1. The lowest BCUT2D eigenvalue weighted by Gasteiger charge is -2.18. The minimum Gasteiger partial charge on any atom is -0.505 e. The van der Waals surface area contributed by atoms with Crippen LogP contribution in [0.4, 0.5) is 29.0 Å². The molecule has 5 aromatic rings. The Kier molecular flexibility index (Phi) is 12.1. The lowest BCUT2D eigenvalue weighted by atomic mass is 10.0. The Labute approximate surface area is 315 Å². The molecule has 0 fully saturated rings. The van der Waals surface area contributed by atoms with Crippen molar-refractivity contribution in [3.05, 3.63) is 65.4 Å². The number of phenolic OH excluding ortho intramolecular Hbond substituents is 1. The predicted molar refractivity (Wildman–Crippen MR) is 196 cm³/mol. The van der Waals surface area contributed by atoms with Crippen LogP contribution in [-0.2, 0) is 50.1 Å². The third kappa shape index (κ3) is 9.97. The van der Waals surface area contributed by atoms with Gasteiger partial charge in [0.25, 0.3) is 20.2 Å². The number of hydrogen-bond acceptors (Lipinski definition) is 17. The van der Waals surface area contributed by atoms with E-state index in [0.717, 1.165) is 12.1 Å². The van der Waals surface area contributed by atoms with Crippen LogP contribution in [0.5, 0.6) is 5.75 Å². The maximum Gasteiger partial charge on any atom is 0.397 e. The molecule has 0 aliphatic carbocycles. The fourth-order valence-electron chi connectivity index (χ4n) is 5.00. The molecular weight excluding hydrogens is 818 g/mol. The first kappa shape index (κ1) is 40.7. The van der Waals surface area contributed by atoms with E-state index in [-0.39, 0.29) is 68.3 Å². The molecule has 0 radical (unpaired) electrons. The average molecular weight is 846 g/mol. The van der Waals surface area contributed by atoms with Crippen LogP contribution in [0, 0.1) is 6.92 Å². The molecule has 288 valence electrons. The summed E-state index contributed by atoms with van der Waals surface area (Å²) in [5.41, 5.74) is -0.339. The van der Waals surface area contributed by atoms with Crippen molar-refractivity contribution >= 4 is 104 Å². The monoisotopic (exact) mass is 845 g/mol. The fourth-order valence-corrected chi connectivity index (χ4v) is 7.61. The minimum absolute atomic E-state index is 0.00233. The standard InChI is InChI=1S/C29H28ClN7O13S4/c1-16-13-18-14-19(52(40,41)42)15-22(31-28-32-27(30)33-29(34-28)37(2)9-12-51(39)49-10-11-50-54(46,47)48)23(18)25(38)24(16)36-35-21-8-7-17-5-3-4-6-20(17)26(21)53(43,44)45/h3-8,13-15,38H,9-12H2,1-2H3,(H,40,41,42)(H,43,44,45)(H,46,47,48)(H,31,32,33,34). The Morgan fingerprint density at radius 3 is 2.31 bits per heavy atom. The highest BCUT2D eigenvalue weighted by Crippen LogP contribution is 2.44. The Balaban J connectivity index is 1.50. The molecule has 20 nitrogen and oxygen atoms in total. The highest BCUT2D eigenvalue weighted by Gasteiger charge is 2.23. The summed E-state index contributed by atoms with van der Waals surface area (Å²) in [6, 6.07) is 12.7. The summed E-state index contributed by atoms with van der Waals surface area (Å²) in [5.74, 6) is -1.04. The summed E-state index contributed by atoms with van der Waals surface area (Å²) in [5, 5.41) is 22.8. The smallest absolute Gasteiger partial charge is 0.397 e. The van der Waals surface area contributed by atoms with Gasteiger partial charge in [-0.25, -0.2) is 8.39 Å². The SMILES string of the molecule is Cc1cc2cc(S(=O)(=O)O)cc(Nc3nc(Cl)nc(N(C)CCS(=O)OCCOS(=O)(=O)O)n3)c2c(O)c1N=Nc1ccc2ccccc2c1S(=O)(=O)O. The van der Waals surface area contributed by atoms with E-state index in [0.29, 0.717) is 5.39 Å². The molecule has 0 spiro atoms. The number of aryl methyl sites for hydroxylation is 1. The van der Waals surface area contributed by atoms with Gasteiger partial charge in [-0.05, 0) is 59.1 Å². The molecule has 0 amide bonds. The molecule has 0 saturated carbocycles. The van der Waals surface area contributed by atoms with Crippen molar-refractivity contribution in [3.63, 3.8) is 0 Å². The number of benzene rings is 4. The molecule has 0 aliphatic rings. The molecule has 54 heavy (non-hydrogen) atoms. The summed E-state index contributed by atoms with van der Waals surface area (Å²) < 4.78 is 120.